The summed E-state index contributed by atoms with van der Waals surface area (Å²) in [5, 5.41) is 4.61. The number of rotatable bonds is 6. The maximum atomic E-state index is 13.3. The molecular weight excluding hydrogens is 367 g/mol. The van der Waals surface area contributed by atoms with Crippen LogP contribution < -0.4 is 4.90 Å². The second-order valence-electron chi connectivity index (χ2n) is 7.50. The van der Waals surface area contributed by atoms with E-state index in [1.807, 2.05) is 0 Å². The Balaban J connectivity index is 1.43. The van der Waals surface area contributed by atoms with E-state index in [1.165, 1.54) is 17.7 Å². The van der Waals surface area contributed by atoms with Gasteiger partial charge in [0.05, 0.1) is 5.69 Å². The second-order valence-corrected chi connectivity index (χ2v) is 7.50. The van der Waals surface area contributed by atoms with Crippen molar-refractivity contribution < 1.29 is 4.39 Å². The molecule has 0 spiro atoms. The number of hydrogen-bond donors (Lipinski definition) is 0. The Kier molecular flexibility index (Phi) is 5.85. The average molecular weight is 394 g/mol. The van der Waals surface area contributed by atoms with Crippen molar-refractivity contribution in [2.45, 2.75) is 33.4 Å². The summed E-state index contributed by atoms with van der Waals surface area (Å²) in [6, 6.07) is 6.45. The first-order valence-electron chi connectivity index (χ1n) is 10.2. The lowest BCUT2D eigenvalue weighted by molar-refractivity contribution is 0.249. The van der Waals surface area contributed by atoms with Crippen LogP contribution in [0.3, 0.4) is 0 Å². The first kappa shape index (κ1) is 19.5. The van der Waals surface area contributed by atoms with Crippen LogP contribution in [0.2, 0.25) is 0 Å². The summed E-state index contributed by atoms with van der Waals surface area (Å²) in [6.45, 7) is 9.83. The van der Waals surface area contributed by atoms with E-state index >= 15 is 0 Å². The molecule has 0 radical (unpaired) electrons. The monoisotopic (exact) mass is 394 g/mol. The third-order valence-corrected chi connectivity index (χ3v) is 5.36. The third kappa shape index (κ3) is 4.45. The lowest BCUT2D eigenvalue weighted by atomic mass is 10.1. The first-order valence-corrected chi connectivity index (χ1v) is 10.2. The van der Waals surface area contributed by atoms with Crippen molar-refractivity contribution in [1.29, 1.82) is 0 Å². The number of halogens is 1. The molecule has 1 saturated heterocycles. The van der Waals surface area contributed by atoms with Crippen molar-refractivity contribution in [2.75, 3.05) is 31.1 Å². The van der Waals surface area contributed by atoms with Crippen molar-refractivity contribution >= 4 is 5.82 Å². The molecule has 6 nitrogen and oxygen atoms in total. The molecular formula is C22H27FN6. The van der Waals surface area contributed by atoms with Crippen molar-refractivity contribution in [1.82, 2.24) is 24.6 Å². The van der Waals surface area contributed by atoms with Gasteiger partial charge in [0.1, 0.15) is 11.5 Å². The van der Waals surface area contributed by atoms with Crippen LogP contribution in [0.1, 0.15) is 24.6 Å². The Morgan fingerprint density at radius 2 is 1.72 bits per heavy atom. The van der Waals surface area contributed by atoms with Gasteiger partial charge in [0.25, 0.3) is 0 Å². The summed E-state index contributed by atoms with van der Waals surface area (Å²) in [5.41, 5.74) is 4.11. The van der Waals surface area contributed by atoms with E-state index in [2.05, 4.69) is 49.6 Å². The highest BCUT2D eigenvalue weighted by molar-refractivity contribution is 5.72. The molecule has 0 N–H and O–H groups in total. The molecule has 29 heavy (non-hydrogen) atoms. The number of hydrogen-bond acceptors (Lipinski definition) is 5. The molecule has 0 amide bonds. The zero-order chi connectivity index (χ0) is 20.2. The third-order valence-electron chi connectivity index (χ3n) is 5.36. The van der Waals surface area contributed by atoms with Crippen LogP contribution in [-0.2, 0) is 13.1 Å². The summed E-state index contributed by atoms with van der Waals surface area (Å²) >= 11 is 0. The number of benzene rings is 1. The highest BCUT2D eigenvalue weighted by atomic mass is 19.1. The highest BCUT2D eigenvalue weighted by Crippen LogP contribution is 2.27. The van der Waals surface area contributed by atoms with E-state index < -0.39 is 0 Å². The Morgan fingerprint density at radius 3 is 2.45 bits per heavy atom. The number of aryl methyl sites for hydroxylation is 2. The van der Waals surface area contributed by atoms with Gasteiger partial charge in [-0.1, -0.05) is 6.92 Å². The van der Waals surface area contributed by atoms with Gasteiger partial charge >= 0.3 is 0 Å². The van der Waals surface area contributed by atoms with E-state index in [1.54, 1.807) is 24.5 Å². The SMILES string of the molecule is CCCn1cc(CN2CCN(c3nccnc3-c3ccc(F)cc3)CC2)c(C)n1. The molecule has 0 bridgehead atoms. The van der Waals surface area contributed by atoms with E-state index in [0.717, 1.165) is 68.5 Å². The average Bonchev–Trinajstić information content (AvgIpc) is 3.08. The Morgan fingerprint density at radius 1 is 1.00 bits per heavy atom. The van der Waals surface area contributed by atoms with Gasteiger partial charge in [-0.25, -0.2) is 9.37 Å². The lowest BCUT2D eigenvalue weighted by Crippen LogP contribution is -2.46. The molecule has 1 aliphatic rings. The molecule has 0 unspecified atom stereocenters. The predicted molar refractivity (Wildman–Crippen MR) is 112 cm³/mol. The molecule has 152 valence electrons. The molecule has 0 atom stereocenters. The van der Waals surface area contributed by atoms with Crippen LogP contribution in [0.5, 0.6) is 0 Å². The second kappa shape index (κ2) is 8.69. The predicted octanol–water partition coefficient (Wildman–Crippen LogP) is 3.52. The summed E-state index contributed by atoms with van der Waals surface area (Å²) in [6.07, 6.45) is 6.68. The fourth-order valence-electron chi connectivity index (χ4n) is 3.79. The molecule has 3 heterocycles. The van der Waals surface area contributed by atoms with Crippen LogP contribution in [0.25, 0.3) is 11.3 Å². The van der Waals surface area contributed by atoms with Gasteiger partial charge in [-0.2, -0.15) is 5.10 Å². The van der Waals surface area contributed by atoms with Gasteiger partial charge in [-0.15, -0.1) is 0 Å². The number of piperazine rings is 1. The zero-order valence-electron chi connectivity index (χ0n) is 17.1. The maximum Gasteiger partial charge on any atom is 0.155 e. The van der Waals surface area contributed by atoms with Gasteiger partial charge in [-0.05, 0) is 37.6 Å². The van der Waals surface area contributed by atoms with Gasteiger partial charge in [0, 0.05) is 69.0 Å². The van der Waals surface area contributed by atoms with Crippen molar-refractivity contribution in [3.05, 3.63) is 59.9 Å². The smallest absolute Gasteiger partial charge is 0.155 e. The van der Waals surface area contributed by atoms with E-state index in [4.69, 9.17) is 0 Å². The van der Waals surface area contributed by atoms with Crippen LogP contribution in [0.4, 0.5) is 10.2 Å². The van der Waals surface area contributed by atoms with Crippen LogP contribution in [0, 0.1) is 12.7 Å². The van der Waals surface area contributed by atoms with E-state index in [9.17, 15) is 4.39 Å². The summed E-state index contributed by atoms with van der Waals surface area (Å²) in [7, 11) is 0. The van der Waals surface area contributed by atoms with Gasteiger partial charge in [0.2, 0.25) is 0 Å². The largest absolute Gasteiger partial charge is 0.352 e. The highest BCUT2D eigenvalue weighted by Gasteiger charge is 2.22. The first-order chi connectivity index (χ1) is 14.1. The summed E-state index contributed by atoms with van der Waals surface area (Å²) in [5.74, 6) is 0.621. The topological polar surface area (TPSA) is 50.1 Å². The van der Waals surface area contributed by atoms with Gasteiger partial charge < -0.3 is 4.90 Å². The van der Waals surface area contributed by atoms with Gasteiger partial charge in [0.15, 0.2) is 5.82 Å². The van der Waals surface area contributed by atoms with Crippen molar-refractivity contribution in [3.8, 4) is 11.3 Å². The zero-order valence-corrected chi connectivity index (χ0v) is 17.1. The molecule has 3 aromatic rings. The Labute approximate surface area is 171 Å². The minimum absolute atomic E-state index is 0.245. The van der Waals surface area contributed by atoms with Crippen molar-refractivity contribution in [3.63, 3.8) is 0 Å². The van der Waals surface area contributed by atoms with Gasteiger partial charge in [-0.3, -0.25) is 14.6 Å². The number of aromatic nitrogens is 4. The minimum atomic E-state index is -0.245. The van der Waals surface area contributed by atoms with Crippen LogP contribution >= 0.6 is 0 Å². The summed E-state index contributed by atoms with van der Waals surface area (Å²) < 4.78 is 15.3. The summed E-state index contributed by atoms with van der Waals surface area (Å²) in [4.78, 5) is 13.8. The van der Waals surface area contributed by atoms with E-state index in [-0.39, 0.29) is 5.82 Å². The fourth-order valence-corrected chi connectivity index (χ4v) is 3.79. The molecule has 2 aromatic heterocycles. The molecule has 1 aromatic carbocycles. The lowest BCUT2D eigenvalue weighted by Gasteiger charge is -2.35. The Bertz CT molecular complexity index is 944. The van der Waals surface area contributed by atoms with Crippen LogP contribution in [0.15, 0.2) is 42.9 Å². The maximum absolute atomic E-state index is 13.3. The quantitative estimate of drug-likeness (QED) is 0.640. The fraction of sp³-hybridized carbons (Fsp3) is 0.409. The molecule has 1 aliphatic heterocycles. The molecule has 0 saturated carbocycles. The molecule has 7 heteroatoms. The number of anilines is 1. The van der Waals surface area contributed by atoms with Crippen molar-refractivity contribution in [2.24, 2.45) is 0 Å². The van der Waals surface area contributed by atoms with Crippen LogP contribution in [-0.4, -0.2) is 50.8 Å². The molecule has 1 fully saturated rings. The van der Waals surface area contributed by atoms with E-state index in [0.29, 0.717) is 0 Å². The number of nitrogens with zero attached hydrogens (tertiary/aromatic N) is 6. The molecule has 4 rings (SSSR count). The normalized spacial score (nSPS) is 15.1. The Hall–Kier alpha value is -2.80. The molecule has 0 aliphatic carbocycles. The minimum Gasteiger partial charge on any atom is -0.352 e. The standard InChI is InChI=1S/C22H27FN6/c1-3-10-29-16-19(17(2)26-29)15-27-11-13-28(14-12-27)22-21(24-8-9-25-22)18-4-6-20(23)7-5-18/h4-9,16H,3,10-15H2,1-2H3.